The number of halogens is 2. The summed E-state index contributed by atoms with van der Waals surface area (Å²) >= 11 is 11.2. The van der Waals surface area contributed by atoms with Gasteiger partial charge in [0.2, 0.25) is 0 Å². The van der Waals surface area contributed by atoms with E-state index in [2.05, 4.69) is 4.98 Å². The Morgan fingerprint density at radius 1 is 1.43 bits per heavy atom. The Morgan fingerprint density at radius 3 is 2.79 bits per heavy atom. The largest absolute Gasteiger partial charge is 0.396 e. The van der Waals surface area contributed by atoms with E-state index < -0.39 is 0 Å². The summed E-state index contributed by atoms with van der Waals surface area (Å²) in [6, 6.07) is 0. The van der Waals surface area contributed by atoms with E-state index in [1.165, 1.54) is 10.9 Å². The van der Waals surface area contributed by atoms with Gasteiger partial charge in [-0.15, -0.1) is 0 Å². The van der Waals surface area contributed by atoms with Crippen molar-refractivity contribution < 1.29 is 5.11 Å². The maximum absolute atomic E-state index is 11.4. The van der Waals surface area contributed by atoms with Gasteiger partial charge in [-0.3, -0.25) is 9.36 Å². The van der Waals surface area contributed by atoms with Crippen LogP contribution in [0.4, 0.5) is 0 Å². The van der Waals surface area contributed by atoms with Crippen molar-refractivity contribution in [3.8, 4) is 0 Å². The third-order valence-electron chi connectivity index (χ3n) is 1.75. The zero-order valence-electron chi connectivity index (χ0n) is 7.41. The summed E-state index contributed by atoms with van der Waals surface area (Å²) in [6.45, 7) is 0.604. The van der Waals surface area contributed by atoms with E-state index in [-0.39, 0.29) is 22.3 Å². The third-order valence-corrected chi connectivity index (χ3v) is 2.47. The predicted octanol–water partition coefficient (Wildman–Crippen LogP) is 1.32. The first-order valence-electron chi connectivity index (χ1n) is 4.18. The summed E-state index contributed by atoms with van der Waals surface area (Å²) in [5.74, 6) is 0. The molecular weight excluding hydrogens is 227 g/mol. The SMILES string of the molecule is O=c1c(Cl)c(Cl)ncn1CCCCO. The highest BCUT2D eigenvalue weighted by molar-refractivity contribution is 6.40. The molecule has 1 N–H and O–H groups in total. The van der Waals surface area contributed by atoms with Crippen LogP contribution in [0.5, 0.6) is 0 Å². The molecule has 78 valence electrons. The summed E-state index contributed by atoms with van der Waals surface area (Å²) in [7, 11) is 0. The van der Waals surface area contributed by atoms with Crippen molar-refractivity contribution in [3.05, 3.63) is 26.9 Å². The molecule has 0 spiro atoms. The van der Waals surface area contributed by atoms with Gasteiger partial charge in [-0.1, -0.05) is 23.2 Å². The van der Waals surface area contributed by atoms with Gasteiger partial charge in [-0.2, -0.15) is 0 Å². The summed E-state index contributed by atoms with van der Waals surface area (Å²) in [6.07, 6.45) is 2.71. The van der Waals surface area contributed by atoms with Crippen LogP contribution in [0.2, 0.25) is 10.2 Å². The van der Waals surface area contributed by atoms with Crippen LogP contribution in [-0.2, 0) is 6.54 Å². The predicted molar refractivity (Wildman–Crippen MR) is 54.8 cm³/mol. The van der Waals surface area contributed by atoms with Crippen molar-refractivity contribution in [1.82, 2.24) is 9.55 Å². The van der Waals surface area contributed by atoms with E-state index in [1.807, 2.05) is 0 Å². The second kappa shape index (κ2) is 5.34. The molecule has 1 heterocycles. The fraction of sp³-hybridized carbons (Fsp3) is 0.500. The van der Waals surface area contributed by atoms with Gasteiger partial charge in [0, 0.05) is 13.2 Å². The van der Waals surface area contributed by atoms with Crippen LogP contribution in [0, 0.1) is 0 Å². The van der Waals surface area contributed by atoms with Crippen molar-refractivity contribution in [3.63, 3.8) is 0 Å². The highest BCUT2D eigenvalue weighted by Gasteiger charge is 2.06. The molecule has 0 saturated heterocycles. The Labute approximate surface area is 91.1 Å². The van der Waals surface area contributed by atoms with Gasteiger partial charge in [0.05, 0.1) is 6.33 Å². The monoisotopic (exact) mass is 236 g/mol. The van der Waals surface area contributed by atoms with E-state index >= 15 is 0 Å². The van der Waals surface area contributed by atoms with Crippen molar-refractivity contribution in [1.29, 1.82) is 0 Å². The molecular formula is C8H10Cl2N2O2. The molecule has 1 rings (SSSR count). The van der Waals surface area contributed by atoms with Gasteiger partial charge in [0.25, 0.3) is 5.56 Å². The lowest BCUT2D eigenvalue weighted by Crippen LogP contribution is -2.21. The van der Waals surface area contributed by atoms with E-state index in [0.717, 1.165) is 0 Å². The topological polar surface area (TPSA) is 55.1 Å². The number of aromatic nitrogens is 2. The second-order valence-corrected chi connectivity index (χ2v) is 3.51. The molecule has 0 amide bonds. The lowest BCUT2D eigenvalue weighted by Gasteiger charge is -2.04. The minimum atomic E-state index is -0.343. The minimum absolute atomic E-state index is 0.0232. The quantitative estimate of drug-likeness (QED) is 0.634. The Kier molecular flexibility index (Phi) is 4.38. The van der Waals surface area contributed by atoms with E-state index in [4.69, 9.17) is 28.3 Å². The molecule has 0 aliphatic carbocycles. The lowest BCUT2D eigenvalue weighted by atomic mass is 10.3. The van der Waals surface area contributed by atoms with E-state index in [9.17, 15) is 4.79 Å². The number of nitrogens with zero attached hydrogens (tertiary/aromatic N) is 2. The van der Waals surface area contributed by atoms with Gasteiger partial charge >= 0.3 is 0 Å². The average molecular weight is 237 g/mol. The number of hydrogen-bond acceptors (Lipinski definition) is 3. The molecule has 0 aliphatic heterocycles. The van der Waals surface area contributed by atoms with Gasteiger partial charge in [0.1, 0.15) is 5.02 Å². The van der Waals surface area contributed by atoms with Gasteiger partial charge in [0.15, 0.2) is 5.15 Å². The molecule has 0 aromatic carbocycles. The first-order chi connectivity index (χ1) is 6.66. The number of aliphatic hydroxyl groups excluding tert-OH is 1. The molecule has 0 unspecified atom stereocenters. The summed E-state index contributed by atoms with van der Waals surface area (Å²) in [4.78, 5) is 15.2. The molecule has 6 heteroatoms. The van der Waals surface area contributed by atoms with E-state index in [1.54, 1.807) is 0 Å². The van der Waals surface area contributed by atoms with E-state index in [0.29, 0.717) is 19.4 Å². The van der Waals surface area contributed by atoms with Crippen LogP contribution in [0.1, 0.15) is 12.8 Å². The molecule has 0 saturated carbocycles. The van der Waals surface area contributed by atoms with Crippen LogP contribution >= 0.6 is 23.2 Å². The maximum Gasteiger partial charge on any atom is 0.273 e. The van der Waals surface area contributed by atoms with Gasteiger partial charge < -0.3 is 5.11 Å². The highest BCUT2D eigenvalue weighted by atomic mass is 35.5. The Hall–Kier alpha value is -0.580. The van der Waals surface area contributed by atoms with Crippen LogP contribution in [0.3, 0.4) is 0 Å². The number of aliphatic hydroxyl groups is 1. The third kappa shape index (κ3) is 2.70. The normalized spacial score (nSPS) is 10.5. The smallest absolute Gasteiger partial charge is 0.273 e. The lowest BCUT2D eigenvalue weighted by molar-refractivity contribution is 0.281. The van der Waals surface area contributed by atoms with Crippen LogP contribution in [-0.4, -0.2) is 21.3 Å². The van der Waals surface area contributed by atoms with Gasteiger partial charge in [-0.25, -0.2) is 4.98 Å². The average Bonchev–Trinajstić information content (AvgIpc) is 2.18. The minimum Gasteiger partial charge on any atom is -0.396 e. The zero-order chi connectivity index (χ0) is 10.6. The van der Waals surface area contributed by atoms with Crippen molar-refractivity contribution in [2.75, 3.05) is 6.61 Å². The molecule has 1 aromatic heterocycles. The van der Waals surface area contributed by atoms with Crippen molar-refractivity contribution in [2.24, 2.45) is 0 Å². The number of rotatable bonds is 4. The summed E-state index contributed by atoms with van der Waals surface area (Å²) in [5, 5.41) is 8.53. The Morgan fingerprint density at radius 2 is 2.14 bits per heavy atom. The Balaban J connectivity index is 2.79. The van der Waals surface area contributed by atoms with Crippen LogP contribution in [0.25, 0.3) is 0 Å². The molecule has 0 radical (unpaired) electrons. The first kappa shape index (κ1) is 11.5. The standard InChI is InChI=1S/C8H10Cl2N2O2/c9-6-7(10)11-5-12(8(6)14)3-1-2-4-13/h5,13H,1-4H2. The van der Waals surface area contributed by atoms with Crippen LogP contribution < -0.4 is 5.56 Å². The number of aryl methyl sites for hydroxylation is 1. The molecule has 0 atom stereocenters. The van der Waals surface area contributed by atoms with Crippen molar-refractivity contribution >= 4 is 23.2 Å². The molecule has 1 aromatic rings. The number of unbranched alkanes of at least 4 members (excludes halogenated alkanes) is 1. The summed E-state index contributed by atoms with van der Waals surface area (Å²) < 4.78 is 1.38. The van der Waals surface area contributed by atoms with Crippen LogP contribution in [0.15, 0.2) is 11.1 Å². The fourth-order valence-corrected chi connectivity index (χ4v) is 1.28. The first-order valence-corrected chi connectivity index (χ1v) is 4.93. The number of hydrogen-bond donors (Lipinski definition) is 1. The van der Waals surface area contributed by atoms with Gasteiger partial charge in [-0.05, 0) is 12.8 Å². The second-order valence-electron chi connectivity index (χ2n) is 2.78. The molecule has 0 bridgehead atoms. The maximum atomic E-state index is 11.4. The zero-order valence-corrected chi connectivity index (χ0v) is 8.92. The molecule has 0 fully saturated rings. The molecule has 4 nitrogen and oxygen atoms in total. The Bertz CT molecular complexity index is 365. The summed E-state index contributed by atoms with van der Waals surface area (Å²) in [5.41, 5.74) is -0.343. The molecule has 0 aliphatic rings. The fourth-order valence-electron chi connectivity index (χ4n) is 0.997. The highest BCUT2D eigenvalue weighted by Crippen LogP contribution is 2.12. The van der Waals surface area contributed by atoms with Crippen molar-refractivity contribution in [2.45, 2.75) is 19.4 Å². The molecule has 14 heavy (non-hydrogen) atoms.